The van der Waals surface area contributed by atoms with Crippen LogP contribution in [0, 0.1) is 0 Å². The summed E-state index contributed by atoms with van der Waals surface area (Å²) in [5.41, 5.74) is 0.134. The lowest BCUT2D eigenvalue weighted by atomic mass is 9.49. The van der Waals surface area contributed by atoms with Crippen molar-refractivity contribution in [3.05, 3.63) is 11.6 Å². The van der Waals surface area contributed by atoms with E-state index in [2.05, 4.69) is 61.5 Å². The third-order valence-electron chi connectivity index (χ3n) is 7.13. The highest BCUT2D eigenvalue weighted by Crippen LogP contribution is 2.47. The molecule has 0 bridgehead atoms. The van der Waals surface area contributed by atoms with Crippen molar-refractivity contribution in [3.8, 4) is 0 Å². The van der Waals surface area contributed by atoms with Crippen LogP contribution in [0.3, 0.4) is 0 Å². The number of hydrogen-bond donors (Lipinski definition) is 0. The highest BCUT2D eigenvalue weighted by atomic mass is 16.7. The molecule has 1 aliphatic carbocycles. The number of allylic oxidation sites excluding steroid dienone is 2. The zero-order chi connectivity index (χ0) is 19.4. The van der Waals surface area contributed by atoms with Gasteiger partial charge in [0.1, 0.15) is 0 Å². The third kappa shape index (κ3) is 3.67. The van der Waals surface area contributed by atoms with E-state index in [1.165, 1.54) is 24.8 Å². The quantitative estimate of drug-likeness (QED) is 0.523. The van der Waals surface area contributed by atoms with Gasteiger partial charge in [0.05, 0.1) is 22.4 Å². The first-order chi connectivity index (χ1) is 11.8. The summed E-state index contributed by atoms with van der Waals surface area (Å²) >= 11 is 0. The summed E-state index contributed by atoms with van der Waals surface area (Å²) in [5.74, 6) is 0. The topological polar surface area (TPSA) is 36.9 Å². The van der Waals surface area contributed by atoms with Crippen molar-refractivity contribution in [2.24, 2.45) is 0 Å². The Bertz CT molecular complexity index is 500. The molecule has 2 saturated heterocycles. The van der Waals surface area contributed by atoms with E-state index in [1.54, 1.807) is 0 Å². The van der Waals surface area contributed by atoms with Crippen molar-refractivity contribution in [3.63, 3.8) is 0 Å². The average Bonchev–Trinajstić information content (AvgIpc) is 2.85. The van der Waals surface area contributed by atoms with Crippen molar-refractivity contribution in [2.45, 2.75) is 116 Å². The van der Waals surface area contributed by atoms with Gasteiger partial charge in [0.25, 0.3) is 0 Å². The van der Waals surface area contributed by atoms with E-state index in [-0.39, 0.29) is 42.4 Å². The maximum absolute atomic E-state index is 6.41. The first kappa shape index (κ1) is 20.4. The molecule has 2 aliphatic heterocycles. The van der Waals surface area contributed by atoms with Crippen LogP contribution in [-0.2, 0) is 18.6 Å². The SMILES string of the molecule is CC1(C)OB(C(CC2=CCCCC2)B2OC(C)(C)C(C)(C)O2)OC1(C)C. The summed E-state index contributed by atoms with van der Waals surface area (Å²) in [6.45, 7) is 16.8. The van der Waals surface area contributed by atoms with Gasteiger partial charge in [0, 0.05) is 5.72 Å². The van der Waals surface area contributed by atoms with E-state index in [1.807, 2.05) is 0 Å². The zero-order valence-corrected chi connectivity index (χ0v) is 18.0. The maximum atomic E-state index is 6.41. The van der Waals surface area contributed by atoms with Gasteiger partial charge < -0.3 is 18.6 Å². The van der Waals surface area contributed by atoms with Gasteiger partial charge in [0.2, 0.25) is 0 Å². The molecular weight excluding hydrogens is 326 g/mol. The number of rotatable bonds is 4. The van der Waals surface area contributed by atoms with Crippen LogP contribution < -0.4 is 0 Å². The lowest BCUT2D eigenvalue weighted by Gasteiger charge is -2.32. The van der Waals surface area contributed by atoms with Gasteiger partial charge in [0.15, 0.2) is 0 Å². The summed E-state index contributed by atoms with van der Waals surface area (Å²) in [7, 11) is -0.643. The van der Waals surface area contributed by atoms with Gasteiger partial charge >= 0.3 is 14.2 Å². The van der Waals surface area contributed by atoms with Crippen LogP contribution in [0.15, 0.2) is 11.6 Å². The second kappa shape index (κ2) is 6.65. The first-order valence-corrected chi connectivity index (χ1v) is 10.2. The monoisotopic (exact) mass is 362 g/mol. The Balaban J connectivity index is 1.85. The van der Waals surface area contributed by atoms with Crippen LogP contribution in [0.2, 0.25) is 5.72 Å². The van der Waals surface area contributed by atoms with Crippen LogP contribution in [0.1, 0.15) is 87.5 Å². The maximum Gasteiger partial charge on any atom is 0.459 e. The van der Waals surface area contributed by atoms with Crippen molar-refractivity contribution in [1.82, 2.24) is 0 Å². The summed E-state index contributed by atoms with van der Waals surface area (Å²) in [5, 5.41) is 0. The Hall–Kier alpha value is -0.290. The molecule has 4 nitrogen and oxygen atoms in total. The summed E-state index contributed by atoms with van der Waals surface area (Å²) in [4.78, 5) is 0. The van der Waals surface area contributed by atoms with Gasteiger partial charge in [-0.05, 0) is 87.5 Å². The van der Waals surface area contributed by atoms with Gasteiger partial charge in [-0.3, -0.25) is 0 Å². The number of hydrogen-bond acceptors (Lipinski definition) is 4. The molecule has 0 aromatic carbocycles. The smallest absolute Gasteiger partial charge is 0.403 e. The van der Waals surface area contributed by atoms with Gasteiger partial charge in [-0.15, -0.1) is 0 Å². The molecule has 0 unspecified atom stereocenters. The summed E-state index contributed by atoms with van der Waals surface area (Å²) in [6, 6.07) is 0. The van der Waals surface area contributed by atoms with Crippen LogP contribution >= 0.6 is 0 Å². The minimum Gasteiger partial charge on any atom is -0.403 e. The van der Waals surface area contributed by atoms with Crippen molar-refractivity contribution in [2.75, 3.05) is 0 Å². The molecular formula is C20H36B2O4. The van der Waals surface area contributed by atoms with Crippen molar-refractivity contribution >= 4 is 14.2 Å². The van der Waals surface area contributed by atoms with Gasteiger partial charge in [-0.2, -0.15) is 0 Å². The van der Waals surface area contributed by atoms with E-state index in [9.17, 15) is 0 Å². The average molecular weight is 362 g/mol. The Labute approximate surface area is 160 Å². The molecule has 0 amide bonds. The van der Waals surface area contributed by atoms with Crippen molar-refractivity contribution in [1.29, 1.82) is 0 Å². The highest BCUT2D eigenvalue weighted by Gasteiger charge is 2.61. The fourth-order valence-electron chi connectivity index (χ4n) is 3.84. The lowest BCUT2D eigenvalue weighted by molar-refractivity contribution is 0.00578. The molecule has 0 atom stereocenters. The molecule has 3 aliphatic rings. The third-order valence-corrected chi connectivity index (χ3v) is 7.13. The zero-order valence-electron chi connectivity index (χ0n) is 18.0. The molecule has 26 heavy (non-hydrogen) atoms. The molecule has 146 valence electrons. The van der Waals surface area contributed by atoms with Crippen LogP contribution in [0.5, 0.6) is 0 Å². The Morgan fingerprint density at radius 1 is 0.769 bits per heavy atom. The van der Waals surface area contributed by atoms with Crippen LogP contribution in [0.25, 0.3) is 0 Å². The van der Waals surface area contributed by atoms with E-state index in [0.29, 0.717) is 0 Å². The Morgan fingerprint density at radius 3 is 1.54 bits per heavy atom. The van der Waals surface area contributed by atoms with Crippen LogP contribution in [0.4, 0.5) is 0 Å². The Kier molecular flexibility index (Phi) is 5.23. The van der Waals surface area contributed by atoms with E-state index >= 15 is 0 Å². The molecule has 0 aromatic heterocycles. The second-order valence-corrected chi connectivity index (χ2v) is 10.2. The summed E-state index contributed by atoms with van der Waals surface area (Å²) in [6.07, 6.45) is 8.21. The fourth-order valence-corrected chi connectivity index (χ4v) is 3.84. The lowest BCUT2D eigenvalue weighted by Crippen LogP contribution is -2.41. The molecule has 6 heteroatoms. The fraction of sp³-hybridized carbons (Fsp3) is 0.900. The standard InChI is InChI=1S/C20H36B2O4/c1-17(2)18(3,4)24-21(23-17)16(14-15-12-10-9-11-13-15)22-25-19(5,6)20(7,8)26-22/h12,16H,9-11,13-14H2,1-8H3. The minimum atomic E-state index is -0.347. The van der Waals surface area contributed by atoms with E-state index in [4.69, 9.17) is 18.6 Å². The molecule has 0 aromatic rings. The van der Waals surface area contributed by atoms with Crippen molar-refractivity contribution < 1.29 is 18.6 Å². The van der Waals surface area contributed by atoms with E-state index in [0.717, 1.165) is 12.8 Å². The van der Waals surface area contributed by atoms with Gasteiger partial charge in [-0.25, -0.2) is 0 Å². The normalized spacial score (nSPS) is 29.3. The van der Waals surface area contributed by atoms with E-state index < -0.39 is 0 Å². The molecule has 3 rings (SSSR count). The van der Waals surface area contributed by atoms with Crippen LogP contribution in [-0.4, -0.2) is 36.6 Å². The Morgan fingerprint density at radius 2 is 1.19 bits per heavy atom. The highest BCUT2D eigenvalue weighted by molar-refractivity contribution is 6.68. The second-order valence-electron chi connectivity index (χ2n) is 10.2. The minimum absolute atomic E-state index is 0.0291. The molecule has 2 fully saturated rings. The molecule has 0 N–H and O–H groups in total. The van der Waals surface area contributed by atoms with Gasteiger partial charge in [-0.1, -0.05) is 11.6 Å². The largest absolute Gasteiger partial charge is 0.459 e. The molecule has 0 radical (unpaired) electrons. The molecule has 0 spiro atoms. The summed E-state index contributed by atoms with van der Waals surface area (Å²) < 4.78 is 25.6. The molecule has 0 saturated carbocycles. The predicted molar refractivity (Wildman–Crippen MR) is 107 cm³/mol. The predicted octanol–water partition coefficient (Wildman–Crippen LogP) is 4.97. The first-order valence-electron chi connectivity index (χ1n) is 10.2. The molecule has 2 heterocycles.